The number of rotatable bonds is 7. The molecule has 0 bridgehead atoms. The number of anilines is 1. The van der Waals surface area contributed by atoms with E-state index in [1.54, 1.807) is 7.11 Å². The summed E-state index contributed by atoms with van der Waals surface area (Å²) in [7, 11) is 1.71. The van der Waals surface area contributed by atoms with Gasteiger partial charge in [0.1, 0.15) is 0 Å². The summed E-state index contributed by atoms with van der Waals surface area (Å²) >= 11 is 6.30. The lowest BCUT2D eigenvalue weighted by Crippen LogP contribution is -2.13. The number of nitrogens with zero attached hydrogens (tertiary/aromatic N) is 2. The summed E-state index contributed by atoms with van der Waals surface area (Å²) < 4.78 is 7.19. The zero-order valence-corrected chi connectivity index (χ0v) is 13.5. The monoisotopic (exact) mass is 307 g/mol. The zero-order valence-electron chi connectivity index (χ0n) is 12.8. The fourth-order valence-electron chi connectivity index (χ4n) is 2.32. The molecule has 1 aromatic heterocycles. The molecule has 21 heavy (non-hydrogen) atoms. The van der Waals surface area contributed by atoms with Crippen molar-refractivity contribution in [3.05, 3.63) is 46.7 Å². The van der Waals surface area contributed by atoms with Crippen LogP contribution < -0.4 is 5.32 Å². The van der Waals surface area contributed by atoms with E-state index in [0.29, 0.717) is 0 Å². The minimum atomic E-state index is 0.129. The highest BCUT2D eigenvalue weighted by Crippen LogP contribution is 2.28. The summed E-state index contributed by atoms with van der Waals surface area (Å²) in [6, 6.07) is 8.05. The third-order valence-corrected chi connectivity index (χ3v) is 3.78. The number of aromatic nitrogens is 2. The van der Waals surface area contributed by atoms with Crippen molar-refractivity contribution in [2.75, 3.05) is 25.6 Å². The molecule has 0 aliphatic heterocycles. The van der Waals surface area contributed by atoms with Gasteiger partial charge in [-0.05, 0) is 31.9 Å². The van der Waals surface area contributed by atoms with Gasteiger partial charge >= 0.3 is 0 Å². The second-order valence-corrected chi connectivity index (χ2v) is 5.49. The van der Waals surface area contributed by atoms with Gasteiger partial charge in [0.15, 0.2) is 0 Å². The van der Waals surface area contributed by atoms with Crippen molar-refractivity contribution in [1.82, 2.24) is 9.55 Å². The van der Waals surface area contributed by atoms with Gasteiger partial charge in [-0.15, -0.1) is 0 Å². The number of imidazole rings is 1. The van der Waals surface area contributed by atoms with Crippen molar-refractivity contribution in [1.29, 1.82) is 0 Å². The van der Waals surface area contributed by atoms with Crippen molar-refractivity contribution in [3.63, 3.8) is 0 Å². The molecule has 5 heteroatoms. The van der Waals surface area contributed by atoms with E-state index in [-0.39, 0.29) is 6.04 Å². The third-order valence-electron chi connectivity index (χ3n) is 3.43. The van der Waals surface area contributed by atoms with Crippen LogP contribution in [0, 0.1) is 6.92 Å². The molecule has 1 N–H and O–H groups in total. The quantitative estimate of drug-likeness (QED) is 0.788. The molecule has 0 spiro atoms. The lowest BCUT2D eigenvalue weighted by molar-refractivity contribution is 0.197. The van der Waals surface area contributed by atoms with E-state index in [2.05, 4.69) is 27.9 Å². The summed E-state index contributed by atoms with van der Waals surface area (Å²) in [5, 5.41) is 4.15. The normalized spacial score (nSPS) is 12.4. The number of hydrogen-bond acceptors (Lipinski definition) is 3. The number of halogens is 1. The molecule has 0 aliphatic carbocycles. The van der Waals surface area contributed by atoms with Crippen LogP contribution in [-0.2, 0) is 4.74 Å². The summed E-state index contributed by atoms with van der Waals surface area (Å²) in [6.07, 6.45) is 3.00. The Morgan fingerprint density at radius 1 is 1.38 bits per heavy atom. The lowest BCUT2D eigenvalue weighted by Gasteiger charge is -2.18. The summed E-state index contributed by atoms with van der Waals surface area (Å²) in [6.45, 7) is 5.70. The molecule has 1 aromatic carbocycles. The van der Waals surface area contributed by atoms with E-state index in [9.17, 15) is 0 Å². The fourth-order valence-corrected chi connectivity index (χ4v) is 2.62. The molecular formula is C16H22ClN3O. The Morgan fingerprint density at radius 2 is 2.14 bits per heavy atom. The maximum Gasteiger partial charge on any atom is 0.203 e. The van der Waals surface area contributed by atoms with E-state index >= 15 is 0 Å². The van der Waals surface area contributed by atoms with E-state index < -0.39 is 0 Å². The first-order chi connectivity index (χ1) is 10.1. The summed E-state index contributed by atoms with van der Waals surface area (Å²) in [5.41, 5.74) is 2.08. The van der Waals surface area contributed by atoms with E-state index in [1.165, 1.54) is 0 Å². The first kappa shape index (κ1) is 15.9. The lowest BCUT2D eigenvalue weighted by atomic mass is 10.1. The number of nitrogens with one attached hydrogen (secondary N) is 1. The van der Waals surface area contributed by atoms with Gasteiger partial charge in [-0.2, -0.15) is 0 Å². The number of methoxy groups -OCH3 is 1. The van der Waals surface area contributed by atoms with Crippen molar-refractivity contribution in [3.8, 4) is 0 Å². The number of aryl methyl sites for hydroxylation is 1. The van der Waals surface area contributed by atoms with Crippen LogP contribution in [0.1, 0.15) is 30.6 Å². The average Bonchev–Trinajstić information content (AvgIpc) is 2.84. The van der Waals surface area contributed by atoms with Gasteiger partial charge in [0.05, 0.1) is 11.7 Å². The molecule has 1 atom stereocenters. The van der Waals surface area contributed by atoms with E-state index in [0.717, 1.165) is 41.8 Å². The second-order valence-electron chi connectivity index (χ2n) is 5.08. The van der Waals surface area contributed by atoms with Crippen molar-refractivity contribution >= 4 is 17.5 Å². The van der Waals surface area contributed by atoms with Gasteiger partial charge in [-0.3, -0.25) is 0 Å². The Labute approximate surface area is 131 Å². The first-order valence-corrected chi connectivity index (χ1v) is 7.54. The first-order valence-electron chi connectivity index (χ1n) is 7.16. The van der Waals surface area contributed by atoms with Crippen LogP contribution >= 0.6 is 11.6 Å². The summed E-state index contributed by atoms with van der Waals surface area (Å²) in [5.74, 6) is 0.871. The maximum atomic E-state index is 6.30. The average molecular weight is 308 g/mol. The highest BCUT2D eigenvalue weighted by molar-refractivity contribution is 6.31. The third kappa shape index (κ3) is 3.99. The molecule has 0 amide bonds. The molecular weight excluding hydrogens is 286 g/mol. The predicted octanol–water partition coefficient (Wildman–Crippen LogP) is 3.90. The molecule has 114 valence electrons. The van der Waals surface area contributed by atoms with Gasteiger partial charge in [0, 0.05) is 31.5 Å². The van der Waals surface area contributed by atoms with Gasteiger partial charge in [-0.25, -0.2) is 4.98 Å². The minimum absolute atomic E-state index is 0.129. The summed E-state index contributed by atoms with van der Waals surface area (Å²) in [4.78, 5) is 4.55. The highest BCUT2D eigenvalue weighted by atomic mass is 35.5. The smallest absolute Gasteiger partial charge is 0.203 e. The van der Waals surface area contributed by atoms with E-state index in [4.69, 9.17) is 16.3 Å². The molecule has 0 fully saturated rings. The largest absolute Gasteiger partial charge is 0.385 e. The van der Waals surface area contributed by atoms with Crippen LogP contribution in [0.15, 0.2) is 30.5 Å². The van der Waals surface area contributed by atoms with Crippen LogP contribution in [0.4, 0.5) is 5.95 Å². The molecule has 0 saturated heterocycles. The van der Waals surface area contributed by atoms with Crippen LogP contribution in [-0.4, -0.2) is 29.8 Å². The van der Waals surface area contributed by atoms with Gasteiger partial charge in [0.25, 0.3) is 0 Å². The Balaban J connectivity index is 2.17. The maximum absolute atomic E-state index is 6.30. The Morgan fingerprint density at radius 3 is 2.86 bits per heavy atom. The Kier molecular flexibility index (Phi) is 5.65. The van der Waals surface area contributed by atoms with Crippen molar-refractivity contribution in [2.45, 2.75) is 26.3 Å². The molecule has 0 aliphatic rings. The molecule has 1 unspecified atom stereocenters. The van der Waals surface area contributed by atoms with Crippen molar-refractivity contribution in [2.24, 2.45) is 0 Å². The molecule has 0 saturated carbocycles. The van der Waals surface area contributed by atoms with Crippen LogP contribution in [0.3, 0.4) is 0 Å². The predicted molar refractivity (Wildman–Crippen MR) is 87.2 cm³/mol. The fraction of sp³-hybridized carbons (Fsp3) is 0.438. The van der Waals surface area contributed by atoms with Crippen molar-refractivity contribution < 1.29 is 4.74 Å². The Bertz CT molecular complexity index is 583. The molecule has 0 radical (unpaired) electrons. The minimum Gasteiger partial charge on any atom is -0.385 e. The molecule has 2 aromatic rings. The zero-order chi connectivity index (χ0) is 15.2. The topological polar surface area (TPSA) is 39.1 Å². The van der Waals surface area contributed by atoms with Gasteiger partial charge in [0.2, 0.25) is 5.95 Å². The SMILES string of the molecule is COCCCNc1nc(C)cn1C(C)c1ccccc1Cl. The Hall–Kier alpha value is -1.52. The van der Waals surface area contributed by atoms with E-state index in [1.807, 2.05) is 31.3 Å². The second kappa shape index (κ2) is 7.48. The number of benzene rings is 1. The standard InChI is InChI=1S/C16H22ClN3O/c1-12-11-20(16(19-12)18-9-6-10-21-3)13(2)14-7-4-5-8-15(14)17/h4-5,7-8,11,13H,6,9-10H2,1-3H3,(H,18,19). The van der Waals surface area contributed by atoms with Gasteiger partial charge < -0.3 is 14.6 Å². The van der Waals surface area contributed by atoms with Crippen LogP contribution in [0.25, 0.3) is 0 Å². The number of ether oxygens (including phenoxy) is 1. The molecule has 4 nitrogen and oxygen atoms in total. The number of hydrogen-bond donors (Lipinski definition) is 1. The molecule has 2 rings (SSSR count). The van der Waals surface area contributed by atoms with Crippen LogP contribution in [0.2, 0.25) is 5.02 Å². The van der Waals surface area contributed by atoms with Crippen LogP contribution in [0.5, 0.6) is 0 Å². The van der Waals surface area contributed by atoms with Gasteiger partial charge in [-0.1, -0.05) is 29.8 Å². The highest BCUT2D eigenvalue weighted by Gasteiger charge is 2.15. The molecule has 1 heterocycles.